The number of amides is 2. The van der Waals surface area contributed by atoms with Gasteiger partial charge in [-0.25, -0.2) is 4.79 Å². The summed E-state index contributed by atoms with van der Waals surface area (Å²) in [5.74, 6) is 1.04. The maximum Gasteiger partial charge on any atom is 0.407 e. The molecule has 0 radical (unpaired) electrons. The molecule has 0 aromatic heterocycles. The fraction of sp³-hybridized carbons (Fsp3) is 0.300. The van der Waals surface area contributed by atoms with E-state index in [9.17, 15) is 9.59 Å². The van der Waals surface area contributed by atoms with Crippen LogP contribution in [0.25, 0.3) is 0 Å². The molecule has 2 aromatic carbocycles. The maximum atomic E-state index is 12.2. The summed E-state index contributed by atoms with van der Waals surface area (Å²) in [6, 6.07) is 16.3. The number of carbonyl (C=O) groups is 2. The van der Waals surface area contributed by atoms with E-state index in [0.717, 1.165) is 0 Å². The second-order valence-corrected chi connectivity index (χ2v) is 6.63. The van der Waals surface area contributed by atoms with E-state index >= 15 is 0 Å². The van der Waals surface area contributed by atoms with Gasteiger partial charge in [0.05, 0.1) is 0 Å². The number of hydrogen-bond acceptors (Lipinski definition) is 4. The van der Waals surface area contributed by atoms with Crippen LogP contribution in [-0.2, 0) is 4.74 Å². The summed E-state index contributed by atoms with van der Waals surface area (Å²) < 4.78 is 10.8. The summed E-state index contributed by atoms with van der Waals surface area (Å²) in [6.45, 7) is 5.94. The van der Waals surface area contributed by atoms with Crippen molar-refractivity contribution in [3.63, 3.8) is 0 Å². The van der Waals surface area contributed by atoms with Crippen LogP contribution in [0.2, 0.25) is 0 Å². The van der Waals surface area contributed by atoms with Gasteiger partial charge in [0, 0.05) is 18.7 Å². The van der Waals surface area contributed by atoms with Crippen LogP contribution in [0, 0.1) is 0 Å². The number of ether oxygens (including phenoxy) is 2. The molecule has 6 nitrogen and oxygen atoms in total. The van der Waals surface area contributed by atoms with Crippen molar-refractivity contribution in [3.05, 3.63) is 60.2 Å². The van der Waals surface area contributed by atoms with Crippen LogP contribution in [0.3, 0.4) is 0 Å². The van der Waals surface area contributed by atoms with E-state index in [1.807, 2.05) is 30.3 Å². The number of rotatable bonds is 6. The Bertz CT molecular complexity index is 739. The van der Waals surface area contributed by atoms with Gasteiger partial charge in [0.2, 0.25) is 0 Å². The molecule has 6 heteroatoms. The van der Waals surface area contributed by atoms with Crippen LogP contribution >= 0.6 is 0 Å². The van der Waals surface area contributed by atoms with Gasteiger partial charge in [-0.15, -0.1) is 0 Å². The Morgan fingerprint density at radius 1 is 0.885 bits per heavy atom. The Morgan fingerprint density at radius 3 is 2.23 bits per heavy atom. The van der Waals surface area contributed by atoms with E-state index < -0.39 is 11.7 Å². The number of para-hydroxylation sites is 1. The van der Waals surface area contributed by atoms with Gasteiger partial charge in [0.15, 0.2) is 0 Å². The lowest BCUT2D eigenvalue weighted by atomic mass is 10.2. The number of nitrogens with one attached hydrogen (secondary N) is 2. The summed E-state index contributed by atoms with van der Waals surface area (Å²) in [4.78, 5) is 23.7. The SMILES string of the molecule is CC(C)(C)OC(=O)NCCNC(=O)c1cccc(Oc2ccccc2)c1. The molecule has 2 amide bonds. The number of alkyl carbamates (subject to hydrolysis) is 1. The average molecular weight is 356 g/mol. The number of hydrogen-bond donors (Lipinski definition) is 2. The zero-order chi connectivity index (χ0) is 19.0. The normalized spacial score (nSPS) is 10.7. The molecule has 0 bridgehead atoms. The molecule has 0 heterocycles. The first-order chi connectivity index (χ1) is 12.3. The van der Waals surface area contributed by atoms with Crippen LogP contribution < -0.4 is 15.4 Å². The maximum absolute atomic E-state index is 12.2. The van der Waals surface area contributed by atoms with Gasteiger partial charge in [-0.05, 0) is 51.1 Å². The predicted octanol–water partition coefficient (Wildman–Crippen LogP) is 3.73. The molecule has 0 saturated carbocycles. The summed E-state index contributed by atoms with van der Waals surface area (Å²) in [5.41, 5.74) is -0.0670. The lowest BCUT2D eigenvalue weighted by molar-refractivity contribution is 0.0526. The summed E-state index contributed by atoms with van der Waals surface area (Å²) >= 11 is 0. The lowest BCUT2D eigenvalue weighted by Crippen LogP contribution is -2.37. The smallest absolute Gasteiger partial charge is 0.407 e. The molecule has 0 atom stereocenters. The lowest BCUT2D eigenvalue weighted by Gasteiger charge is -2.19. The Hall–Kier alpha value is -3.02. The molecular formula is C20H24N2O4. The molecule has 0 aliphatic rings. The van der Waals surface area contributed by atoms with Crippen molar-refractivity contribution in [2.45, 2.75) is 26.4 Å². The Labute approximate surface area is 153 Å². The number of benzene rings is 2. The topological polar surface area (TPSA) is 76.7 Å². The van der Waals surface area contributed by atoms with Gasteiger partial charge in [0.25, 0.3) is 5.91 Å². The van der Waals surface area contributed by atoms with E-state index in [1.54, 1.807) is 45.0 Å². The zero-order valence-corrected chi connectivity index (χ0v) is 15.2. The van der Waals surface area contributed by atoms with Gasteiger partial charge < -0.3 is 20.1 Å². The highest BCUT2D eigenvalue weighted by atomic mass is 16.6. The van der Waals surface area contributed by atoms with Crippen molar-refractivity contribution in [3.8, 4) is 11.5 Å². The van der Waals surface area contributed by atoms with E-state index in [1.165, 1.54) is 0 Å². The standard InChI is InChI=1S/C20H24N2O4/c1-20(2,3)26-19(24)22-13-12-21-18(23)15-8-7-11-17(14-15)25-16-9-5-4-6-10-16/h4-11,14H,12-13H2,1-3H3,(H,21,23)(H,22,24). The molecule has 0 unspecified atom stereocenters. The summed E-state index contributed by atoms with van der Waals surface area (Å²) in [7, 11) is 0. The second-order valence-electron chi connectivity index (χ2n) is 6.63. The predicted molar refractivity (Wildman–Crippen MR) is 99.5 cm³/mol. The minimum absolute atomic E-state index is 0.241. The second kappa shape index (κ2) is 8.89. The van der Waals surface area contributed by atoms with E-state index in [2.05, 4.69) is 10.6 Å². The van der Waals surface area contributed by atoms with Crippen molar-refractivity contribution in [1.82, 2.24) is 10.6 Å². The number of carbonyl (C=O) groups excluding carboxylic acids is 2. The van der Waals surface area contributed by atoms with Crippen LogP contribution in [0.1, 0.15) is 31.1 Å². The van der Waals surface area contributed by atoms with E-state index in [-0.39, 0.29) is 12.5 Å². The Kier molecular flexibility index (Phi) is 6.60. The van der Waals surface area contributed by atoms with Crippen molar-refractivity contribution in [2.75, 3.05) is 13.1 Å². The average Bonchev–Trinajstić information content (AvgIpc) is 2.58. The Morgan fingerprint density at radius 2 is 1.54 bits per heavy atom. The molecule has 2 rings (SSSR count). The van der Waals surface area contributed by atoms with E-state index in [0.29, 0.717) is 23.6 Å². The van der Waals surface area contributed by atoms with Gasteiger partial charge in [-0.1, -0.05) is 24.3 Å². The molecule has 26 heavy (non-hydrogen) atoms. The molecule has 0 fully saturated rings. The van der Waals surface area contributed by atoms with Gasteiger partial charge in [-0.3, -0.25) is 4.79 Å². The summed E-state index contributed by atoms with van der Waals surface area (Å²) in [5, 5.41) is 5.33. The minimum Gasteiger partial charge on any atom is -0.457 e. The van der Waals surface area contributed by atoms with Crippen LogP contribution in [0.15, 0.2) is 54.6 Å². The van der Waals surface area contributed by atoms with Gasteiger partial charge in [0.1, 0.15) is 17.1 Å². The molecule has 0 spiro atoms. The zero-order valence-electron chi connectivity index (χ0n) is 15.2. The highest BCUT2D eigenvalue weighted by molar-refractivity contribution is 5.94. The monoisotopic (exact) mass is 356 g/mol. The van der Waals surface area contributed by atoms with Crippen molar-refractivity contribution >= 4 is 12.0 Å². The van der Waals surface area contributed by atoms with Crippen LogP contribution in [0.4, 0.5) is 4.79 Å². The fourth-order valence-corrected chi connectivity index (χ4v) is 2.08. The third-order valence-electron chi connectivity index (χ3n) is 3.15. The summed E-state index contributed by atoms with van der Waals surface area (Å²) in [6.07, 6.45) is -0.509. The first kappa shape index (κ1) is 19.3. The fourth-order valence-electron chi connectivity index (χ4n) is 2.08. The van der Waals surface area contributed by atoms with Crippen LogP contribution in [0.5, 0.6) is 11.5 Å². The minimum atomic E-state index is -0.549. The highest BCUT2D eigenvalue weighted by Gasteiger charge is 2.15. The van der Waals surface area contributed by atoms with Crippen molar-refractivity contribution in [2.24, 2.45) is 0 Å². The van der Waals surface area contributed by atoms with Crippen LogP contribution in [-0.4, -0.2) is 30.7 Å². The molecule has 138 valence electrons. The molecule has 0 aliphatic carbocycles. The molecule has 0 saturated heterocycles. The largest absolute Gasteiger partial charge is 0.457 e. The highest BCUT2D eigenvalue weighted by Crippen LogP contribution is 2.21. The molecule has 0 aliphatic heterocycles. The Balaban J connectivity index is 1.80. The van der Waals surface area contributed by atoms with Crippen molar-refractivity contribution < 1.29 is 19.1 Å². The first-order valence-electron chi connectivity index (χ1n) is 8.41. The molecular weight excluding hydrogens is 332 g/mol. The van der Waals surface area contributed by atoms with Gasteiger partial charge in [-0.2, -0.15) is 0 Å². The molecule has 2 N–H and O–H groups in total. The first-order valence-corrected chi connectivity index (χ1v) is 8.41. The third-order valence-corrected chi connectivity index (χ3v) is 3.15. The third kappa shape index (κ3) is 6.84. The molecule has 2 aromatic rings. The van der Waals surface area contributed by atoms with E-state index in [4.69, 9.17) is 9.47 Å². The van der Waals surface area contributed by atoms with Crippen molar-refractivity contribution in [1.29, 1.82) is 0 Å². The van der Waals surface area contributed by atoms with Gasteiger partial charge >= 0.3 is 6.09 Å². The quantitative estimate of drug-likeness (QED) is 0.773.